The molecule has 0 saturated carbocycles. The van der Waals surface area contributed by atoms with Crippen molar-refractivity contribution >= 4 is 10.0 Å². The molecule has 0 radical (unpaired) electrons. The number of hydrogen-bond donors (Lipinski definition) is 0. The van der Waals surface area contributed by atoms with E-state index in [4.69, 9.17) is 4.52 Å². The summed E-state index contributed by atoms with van der Waals surface area (Å²) in [7, 11) is -3.52. The summed E-state index contributed by atoms with van der Waals surface area (Å²) in [5.74, 6) is 0.645. The zero-order chi connectivity index (χ0) is 15.7. The molecule has 1 atom stereocenters. The van der Waals surface area contributed by atoms with E-state index < -0.39 is 10.0 Å². The third-order valence-corrected chi connectivity index (χ3v) is 6.22. The molecule has 1 aliphatic heterocycles. The lowest BCUT2D eigenvalue weighted by Gasteiger charge is -2.23. The fourth-order valence-corrected chi connectivity index (χ4v) is 4.83. The van der Waals surface area contributed by atoms with Crippen LogP contribution in [0.4, 0.5) is 0 Å². The Morgan fingerprint density at radius 2 is 2.14 bits per heavy atom. The molecule has 1 fully saturated rings. The Morgan fingerprint density at radius 1 is 1.36 bits per heavy atom. The molecular formula is C16H20N2O3S. The first-order chi connectivity index (χ1) is 10.5. The van der Waals surface area contributed by atoms with Gasteiger partial charge in [0.05, 0.1) is 16.6 Å². The highest BCUT2D eigenvalue weighted by Crippen LogP contribution is 2.37. The number of nitrogens with zero attached hydrogens (tertiary/aromatic N) is 2. The third-order valence-electron chi connectivity index (χ3n) is 4.15. The Kier molecular flexibility index (Phi) is 4.06. The van der Waals surface area contributed by atoms with Gasteiger partial charge in [-0.25, -0.2) is 8.42 Å². The summed E-state index contributed by atoms with van der Waals surface area (Å²) in [5.41, 5.74) is 1.62. The zero-order valence-corrected chi connectivity index (χ0v) is 13.6. The predicted octanol–water partition coefficient (Wildman–Crippen LogP) is 3.07. The van der Waals surface area contributed by atoms with E-state index >= 15 is 0 Å². The van der Waals surface area contributed by atoms with Gasteiger partial charge >= 0.3 is 0 Å². The van der Waals surface area contributed by atoms with Gasteiger partial charge in [-0.15, -0.1) is 0 Å². The molecule has 1 aromatic carbocycles. The van der Waals surface area contributed by atoms with Crippen LogP contribution in [0.2, 0.25) is 0 Å². The minimum Gasteiger partial charge on any atom is -0.359 e. The Labute approximate surface area is 131 Å². The van der Waals surface area contributed by atoms with Crippen molar-refractivity contribution in [3.05, 3.63) is 47.3 Å². The summed E-state index contributed by atoms with van der Waals surface area (Å²) in [6.45, 7) is 4.34. The van der Waals surface area contributed by atoms with Gasteiger partial charge in [0.2, 0.25) is 10.0 Å². The van der Waals surface area contributed by atoms with E-state index in [1.54, 1.807) is 16.4 Å². The van der Waals surface area contributed by atoms with Crippen LogP contribution in [-0.2, 0) is 16.4 Å². The monoisotopic (exact) mass is 320 g/mol. The predicted molar refractivity (Wildman–Crippen MR) is 82.9 cm³/mol. The highest BCUT2D eigenvalue weighted by Gasteiger charge is 2.38. The molecule has 0 spiro atoms. The lowest BCUT2D eigenvalue weighted by Crippen LogP contribution is -2.31. The first-order valence-corrected chi connectivity index (χ1v) is 9.01. The fraction of sp³-hybridized carbons (Fsp3) is 0.438. The first kappa shape index (κ1) is 15.2. The largest absolute Gasteiger partial charge is 0.359 e. The molecule has 0 N–H and O–H groups in total. The van der Waals surface area contributed by atoms with E-state index in [1.165, 1.54) is 0 Å². The van der Waals surface area contributed by atoms with E-state index in [0.29, 0.717) is 17.2 Å². The van der Waals surface area contributed by atoms with Crippen LogP contribution < -0.4 is 0 Å². The van der Waals surface area contributed by atoms with E-state index in [9.17, 15) is 8.42 Å². The van der Waals surface area contributed by atoms with E-state index in [1.807, 2.05) is 32.0 Å². The maximum Gasteiger partial charge on any atom is 0.244 e. The molecule has 1 aliphatic rings. The minimum absolute atomic E-state index is 0.252. The average molecular weight is 320 g/mol. The second-order valence-electron chi connectivity index (χ2n) is 5.61. The lowest BCUT2D eigenvalue weighted by molar-refractivity contribution is 0.296. The molecule has 2 aromatic rings. The quantitative estimate of drug-likeness (QED) is 0.868. The summed E-state index contributed by atoms with van der Waals surface area (Å²) in [6, 6.07) is 8.71. The van der Waals surface area contributed by atoms with E-state index in [0.717, 1.165) is 30.5 Å². The molecule has 0 unspecified atom stereocenters. The molecule has 0 bridgehead atoms. The molecule has 22 heavy (non-hydrogen) atoms. The maximum atomic E-state index is 13.0. The Morgan fingerprint density at radius 3 is 2.82 bits per heavy atom. The van der Waals surface area contributed by atoms with Gasteiger partial charge in [0.15, 0.2) is 5.76 Å². The number of hydrogen-bond acceptors (Lipinski definition) is 4. The molecule has 5 nitrogen and oxygen atoms in total. The van der Waals surface area contributed by atoms with Gasteiger partial charge in [0.1, 0.15) is 0 Å². The van der Waals surface area contributed by atoms with Crippen LogP contribution in [0.25, 0.3) is 0 Å². The molecule has 1 saturated heterocycles. The van der Waals surface area contributed by atoms with Crippen molar-refractivity contribution in [2.75, 3.05) is 6.54 Å². The molecule has 0 amide bonds. The fourth-order valence-electron chi connectivity index (χ4n) is 2.94. The topological polar surface area (TPSA) is 63.4 Å². The lowest BCUT2D eigenvalue weighted by atomic mass is 10.1. The highest BCUT2D eigenvalue weighted by atomic mass is 32.2. The van der Waals surface area contributed by atoms with Crippen molar-refractivity contribution in [3.8, 4) is 0 Å². The second-order valence-corrected chi connectivity index (χ2v) is 7.47. The van der Waals surface area contributed by atoms with Crippen LogP contribution in [-0.4, -0.2) is 24.4 Å². The second kappa shape index (κ2) is 5.85. The number of aromatic nitrogens is 1. The van der Waals surface area contributed by atoms with E-state index in [2.05, 4.69) is 5.16 Å². The maximum absolute atomic E-state index is 13.0. The summed E-state index contributed by atoms with van der Waals surface area (Å²) in [6.07, 6.45) is 2.38. The van der Waals surface area contributed by atoms with Gasteiger partial charge in [0, 0.05) is 12.6 Å². The summed E-state index contributed by atoms with van der Waals surface area (Å²) >= 11 is 0. The van der Waals surface area contributed by atoms with Crippen LogP contribution in [0, 0.1) is 6.92 Å². The molecule has 6 heteroatoms. The molecule has 3 rings (SSSR count). The minimum atomic E-state index is -3.52. The van der Waals surface area contributed by atoms with Crippen molar-refractivity contribution in [2.24, 2.45) is 0 Å². The molecule has 0 aliphatic carbocycles. The number of rotatable bonds is 4. The van der Waals surface area contributed by atoms with Crippen molar-refractivity contribution in [1.82, 2.24) is 9.46 Å². The smallest absolute Gasteiger partial charge is 0.244 e. The van der Waals surface area contributed by atoms with Gasteiger partial charge < -0.3 is 4.52 Å². The van der Waals surface area contributed by atoms with Gasteiger partial charge in [-0.3, -0.25) is 0 Å². The first-order valence-electron chi connectivity index (χ1n) is 7.57. The molecular weight excluding hydrogens is 300 g/mol. The molecule has 1 aromatic heterocycles. The normalized spacial score (nSPS) is 19.6. The van der Waals surface area contributed by atoms with Gasteiger partial charge in [-0.2, -0.15) is 4.31 Å². The number of sulfonamides is 1. The molecule has 2 heterocycles. The Bertz CT molecular complexity index is 767. The van der Waals surface area contributed by atoms with Crippen LogP contribution in [0.15, 0.2) is 39.8 Å². The summed E-state index contributed by atoms with van der Waals surface area (Å²) in [4.78, 5) is 0.372. The van der Waals surface area contributed by atoms with Crippen LogP contribution >= 0.6 is 0 Å². The zero-order valence-electron chi connectivity index (χ0n) is 12.8. The van der Waals surface area contributed by atoms with Crippen molar-refractivity contribution in [3.63, 3.8) is 0 Å². The van der Waals surface area contributed by atoms with Gasteiger partial charge in [-0.05, 0) is 37.8 Å². The van der Waals surface area contributed by atoms with Crippen molar-refractivity contribution in [2.45, 2.75) is 44.0 Å². The molecule has 118 valence electrons. The van der Waals surface area contributed by atoms with Crippen LogP contribution in [0.1, 0.15) is 42.8 Å². The summed E-state index contributed by atoms with van der Waals surface area (Å²) in [5, 5.41) is 3.99. The number of benzene rings is 1. The average Bonchev–Trinajstić information content (AvgIpc) is 3.16. The summed E-state index contributed by atoms with van der Waals surface area (Å²) < 4.78 is 32.9. The van der Waals surface area contributed by atoms with Gasteiger partial charge in [-0.1, -0.05) is 30.3 Å². The SMILES string of the molecule is CCc1cc([C@@H]2CCCN2S(=O)(=O)c2ccccc2C)on1. The Balaban J connectivity index is 1.97. The number of aryl methyl sites for hydroxylation is 2. The van der Waals surface area contributed by atoms with Crippen molar-refractivity contribution < 1.29 is 12.9 Å². The highest BCUT2D eigenvalue weighted by molar-refractivity contribution is 7.89. The van der Waals surface area contributed by atoms with Crippen molar-refractivity contribution in [1.29, 1.82) is 0 Å². The third kappa shape index (κ3) is 2.57. The van der Waals surface area contributed by atoms with Crippen LogP contribution in [0.5, 0.6) is 0 Å². The Hall–Kier alpha value is -1.66. The van der Waals surface area contributed by atoms with E-state index in [-0.39, 0.29) is 6.04 Å². The van der Waals surface area contributed by atoms with Crippen LogP contribution in [0.3, 0.4) is 0 Å². The standard InChI is InChI=1S/C16H20N2O3S/c1-3-13-11-15(21-17-13)14-8-6-10-18(14)22(19,20)16-9-5-4-7-12(16)2/h4-5,7,9,11,14H,3,6,8,10H2,1-2H3/t14-/m0/s1. The van der Waals surface area contributed by atoms with Gasteiger partial charge in [0.25, 0.3) is 0 Å².